The Morgan fingerprint density at radius 2 is 1.36 bits per heavy atom. The smallest absolute Gasteiger partial charge is 0.209 e. The van der Waals surface area contributed by atoms with Crippen LogP contribution in [0.1, 0.15) is 0 Å². The van der Waals surface area contributed by atoms with Crippen molar-refractivity contribution in [1.82, 2.24) is 0 Å². The normalized spacial score (nSPS) is 9.45. The number of nitrogens with zero attached hydrogens (tertiary/aromatic N) is 6. The Hall–Kier alpha value is -2.04. The van der Waals surface area contributed by atoms with E-state index >= 15 is 0 Å². The Labute approximate surface area is 60.4 Å². The quantitative estimate of drug-likeness (QED) is 0.252. The van der Waals surface area contributed by atoms with Crippen LogP contribution in [0.15, 0.2) is 30.9 Å². The highest BCUT2D eigenvalue weighted by Gasteiger charge is 1.70. The van der Waals surface area contributed by atoms with E-state index in [2.05, 4.69) is 30.9 Å². The molecular weight excluding hydrogens is 152 g/mol. The molecule has 0 bridgehead atoms. The van der Waals surface area contributed by atoms with Crippen molar-refractivity contribution in [2.45, 2.75) is 0 Å². The van der Waals surface area contributed by atoms with Crippen LogP contribution in [0.2, 0.25) is 0 Å². The Morgan fingerprint density at radius 3 is 1.73 bits per heavy atom. The van der Waals surface area contributed by atoms with Crippen LogP contribution in [-0.2, 0) is 9.59 Å². The summed E-state index contributed by atoms with van der Waals surface area (Å²) < 4.78 is 0. The van der Waals surface area contributed by atoms with Crippen molar-refractivity contribution in [1.29, 1.82) is 0 Å². The van der Waals surface area contributed by atoms with Gasteiger partial charge in [-0.1, -0.05) is 0 Å². The molecule has 0 fully saturated rings. The minimum Gasteiger partial charge on any atom is -0.209 e. The van der Waals surface area contributed by atoms with Crippen LogP contribution >= 0.6 is 0 Å². The monoisotopic (exact) mass is 154 g/mol. The molecule has 0 aliphatic rings. The first-order valence-electron chi connectivity index (χ1n) is 2.29. The lowest BCUT2D eigenvalue weighted by Gasteiger charge is -1.72. The Balaban J connectivity index is 3.55. The highest BCUT2D eigenvalue weighted by atomic mass is 16.1. The Morgan fingerprint density at radius 1 is 0.909 bits per heavy atom. The predicted molar refractivity (Wildman–Crippen MR) is 30.8 cm³/mol. The molecule has 0 atom stereocenters. The van der Waals surface area contributed by atoms with E-state index < -0.39 is 0 Å². The summed E-state index contributed by atoms with van der Waals surface area (Å²) in [6.07, 6.45) is 2.25. The molecule has 0 saturated heterocycles. The summed E-state index contributed by atoms with van der Waals surface area (Å²) >= 11 is 0. The summed E-state index contributed by atoms with van der Waals surface area (Å²) in [5, 5.41) is 17.7. The van der Waals surface area contributed by atoms with Crippen LogP contribution in [0.4, 0.5) is 0 Å². The molecule has 0 spiro atoms. The van der Waals surface area contributed by atoms with E-state index in [0.29, 0.717) is 0 Å². The lowest BCUT2D eigenvalue weighted by Crippen LogP contribution is -1.65. The molecule has 0 amide bonds. The molecule has 0 rings (SSSR count). The summed E-state index contributed by atoms with van der Waals surface area (Å²) in [5.41, 5.74) is 0. The maximum atomic E-state index is 9.37. The van der Waals surface area contributed by atoms with Crippen molar-refractivity contribution in [2.24, 2.45) is 30.9 Å². The molecule has 8 heteroatoms. The van der Waals surface area contributed by atoms with Gasteiger partial charge in [0.15, 0.2) is 6.67 Å². The Bertz CT molecular complexity index is 219. The van der Waals surface area contributed by atoms with Gasteiger partial charge in [0.1, 0.15) is 0 Å². The van der Waals surface area contributed by atoms with Gasteiger partial charge in [-0.15, -0.1) is 10.2 Å². The molecule has 8 nitrogen and oxygen atoms in total. The molecular formula is C3H2N6O2. The van der Waals surface area contributed by atoms with Crippen molar-refractivity contribution >= 4 is 12.2 Å². The largest absolute Gasteiger partial charge is 0.261 e. The van der Waals surface area contributed by atoms with Gasteiger partial charge in [-0.2, -0.15) is 0 Å². The minimum absolute atomic E-state index is 0.156. The molecule has 11 heavy (non-hydrogen) atoms. The minimum atomic E-state index is -0.156. The molecule has 0 radical (unpaired) electrons. The predicted octanol–water partition coefficient (Wildman–Crippen LogP) is 0.350. The van der Waals surface area contributed by atoms with Crippen LogP contribution in [0.25, 0.3) is 0 Å². The maximum Gasteiger partial charge on any atom is 0.261 e. The molecule has 0 aromatic carbocycles. The first-order chi connectivity index (χ1) is 5.41. The van der Waals surface area contributed by atoms with Crippen molar-refractivity contribution < 1.29 is 9.59 Å². The van der Waals surface area contributed by atoms with E-state index in [0.717, 1.165) is 12.2 Å². The van der Waals surface area contributed by atoms with Crippen molar-refractivity contribution in [3.05, 3.63) is 0 Å². The lowest BCUT2D eigenvalue weighted by atomic mass is 11.2. The van der Waals surface area contributed by atoms with E-state index in [4.69, 9.17) is 0 Å². The van der Waals surface area contributed by atoms with Gasteiger partial charge < -0.3 is 0 Å². The summed E-state index contributed by atoms with van der Waals surface area (Å²) in [6.45, 7) is -0.156. The van der Waals surface area contributed by atoms with E-state index in [1.54, 1.807) is 0 Å². The molecule has 0 aromatic rings. The van der Waals surface area contributed by atoms with Crippen molar-refractivity contribution in [3.63, 3.8) is 0 Å². The summed E-state index contributed by atoms with van der Waals surface area (Å²) in [7, 11) is 0. The van der Waals surface area contributed by atoms with Crippen LogP contribution < -0.4 is 0 Å². The summed E-state index contributed by atoms with van der Waals surface area (Å²) in [5.74, 6) is 0. The first-order valence-corrected chi connectivity index (χ1v) is 2.29. The number of rotatable bonds is 4. The first kappa shape index (κ1) is 8.96. The summed E-state index contributed by atoms with van der Waals surface area (Å²) in [4.78, 5) is 18.7. The SMILES string of the molecule is O=C=NN=NCN=NN=C=O. The average molecular weight is 154 g/mol. The summed E-state index contributed by atoms with van der Waals surface area (Å²) in [6, 6.07) is 0. The van der Waals surface area contributed by atoms with Crippen LogP contribution in [0.5, 0.6) is 0 Å². The van der Waals surface area contributed by atoms with Gasteiger partial charge in [0.2, 0.25) is 0 Å². The van der Waals surface area contributed by atoms with Crippen molar-refractivity contribution in [3.8, 4) is 0 Å². The van der Waals surface area contributed by atoms with Crippen LogP contribution in [-0.4, -0.2) is 18.8 Å². The second-order valence-electron chi connectivity index (χ2n) is 0.986. The topological polar surface area (TPSA) is 108 Å². The van der Waals surface area contributed by atoms with E-state index in [1.807, 2.05) is 0 Å². The molecule has 56 valence electrons. The third-order valence-electron chi connectivity index (χ3n) is 0.424. The van der Waals surface area contributed by atoms with Crippen LogP contribution in [0, 0.1) is 0 Å². The second-order valence-corrected chi connectivity index (χ2v) is 0.986. The fraction of sp³-hybridized carbons (Fsp3) is 0.333. The van der Waals surface area contributed by atoms with Gasteiger partial charge in [-0.3, -0.25) is 0 Å². The maximum absolute atomic E-state index is 9.37. The number of hydrogen-bond donors (Lipinski definition) is 0. The molecule has 0 heterocycles. The zero-order valence-corrected chi connectivity index (χ0v) is 5.21. The Kier molecular flexibility index (Phi) is 6.48. The second kappa shape index (κ2) is 7.96. The highest BCUT2D eigenvalue weighted by Crippen LogP contribution is 1.79. The molecule has 0 N–H and O–H groups in total. The van der Waals surface area contributed by atoms with Gasteiger partial charge in [0.05, 0.1) is 0 Å². The molecule has 0 aliphatic carbocycles. The zero-order valence-electron chi connectivity index (χ0n) is 5.21. The molecule has 0 saturated carbocycles. The van der Waals surface area contributed by atoms with Crippen LogP contribution in [0.3, 0.4) is 0 Å². The fourth-order valence-electron chi connectivity index (χ4n) is 0.185. The number of hydrogen-bond acceptors (Lipinski definition) is 6. The molecule has 0 aromatic heterocycles. The highest BCUT2D eigenvalue weighted by molar-refractivity contribution is 5.32. The van der Waals surface area contributed by atoms with Crippen molar-refractivity contribution in [2.75, 3.05) is 6.67 Å². The molecule has 0 aliphatic heterocycles. The molecule has 0 unspecified atom stereocenters. The standard InChI is InChI=1S/C3H2N6O2/c10-2-6-8-4-1-5-9-7-3-11/h1H2. The van der Waals surface area contributed by atoms with Gasteiger partial charge in [0, 0.05) is 0 Å². The van der Waals surface area contributed by atoms with E-state index in [1.165, 1.54) is 0 Å². The third kappa shape index (κ3) is 7.96. The average Bonchev–Trinajstić information content (AvgIpc) is 2.03. The lowest BCUT2D eigenvalue weighted by molar-refractivity contribution is 0.562. The van der Waals surface area contributed by atoms with Gasteiger partial charge in [-0.25, -0.2) is 9.59 Å². The number of carbonyl (C=O) groups excluding carboxylic acids is 2. The number of isocyanates is 2. The van der Waals surface area contributed by atoms with E-state index in [9.17, 15) is 9.59 Å². The fourth-order valence-corrected chi connectivity index (χ4v) is 0.185. The van der Waals surface area contributed by atoms with Gasteiger partial charge >= 0.3 is 0 Å². The van der Waals surface area contributed by atoms with E-state index in [-0.39, 0.29) is 6.67 Å². The zero-order chi connectivity index (χ0) is 8.36. The van der Waals surface area contributed by atoms with Gasteiger partial charge in [0.25, 0.3) is 12.2 Å². The van der Waals surface area contributed by atoms with Gasteiger partial charge in [-0.05, 0) is 20.6 Å². The third-order valence-corrected chi connectivity index (χ3v) is 0.424.